The van der Waals surface area contributed by atoms with Crippen molar-refractivity contribution in [1.29, 1.82) is 0 Å². The maximum atomic E-state index is 13.1. The number of alkyl halides is 6. The van der Waals surface area contributed by atoms with Crippen molar-refractivity contribution >= 4 is 55.1 Å². The Bertz CT molecular complexity index is 3230. The first-order chi connectivity index (χ1) is 33.5. The molecule has 2 aliphatic carbocycles. The van der Waals surface area contributed by atoms with Crippen LogP contribution in [0.3, 0.4) is 0 Å². The molecule has 2 fully saturated rings. The predicted octanol–water partition coefficient (Wildman–Crippen LogP) is 7.34. The van der Waals surface area contributed by atoms with Crippen LogP contribution in [-0.2, 0) is 31.1 Å². The summed E-state index contributed by atoms with van der Waals surface area (Å²) >= 11 is 11.9. The van der Waals surface area contributed by atoms with Gasteiger partial charge < -0.3 is 14.6 Å². The van der Waals surface area contributed by atoms with Gasteiger partial charge in [0.1, 0.15) is 44.1 Å². The average molecular weight is 1110 g/mol. The van der Waals surface area contributed by atoms with E-state index in [0.717, 1.165) is 6.20 Å². The molecule has 6 aromatic heterocycles. The van der Waals surface area contributed by atoms with Gasteiger partial charge in [-0.05, 0) is 91.5 Å². The van der Waals surface area contributed by atoms with Gasteiger partial charge >= 0.3 is 18.3 Å². The van der Waals surface area contributed by atoms with Gasteiger partial charge in [0.15, 0.2) is 11.6 Å². The van der Waals surface area contributed by atoms with E-state index in [2.05, 4.69) is 30.4 Å². The fourth-order valence-corrected chi connectivity index (χ4v) is 7.87. The minimum absolute atomic E-state index is 0.00650. The predicted molar refractivity (Wildman–Crippen MR) is 247 cm³/mol. The molecule has 4 N–H and O–H groups in total. The van der Waals surface area contributed by atoms with Gasteiger partial charge in [-0.25, -0.2) is 50.8 Å². The van der Waals surface area contributed by atoms with Crippen LogP contribution in [0.25, 0.3) is 11.6 Å². The molecule has 2 aliphatic rings. The number of carbonyl (C=O) groups excluding carboxylic acids is 1. The summed E-state index contributed by atoms with van der Waals surface area (Å²) in [7, 11) is -7.86. The SMILES string of the molecule is CC(C)(C)n1cc(S(=O)(=O)NC(=O)c2ccc(-n3ccc(OCC4(C(F)(F)F)CC4)n3)nc2Cl)cn1.CC(C)(C)n1cc(S(N)(=O)=O)cn1.O=C(O)c1ccc(-n2ccc(OCC3(C(F)(F)F)CC3)n2)nc1Cl. The van der Waals surface area contributed by atoms with Crippen LogP contribution in [0.5, 0.6) is 11.8 Å². The van der Waals surface area contributed by atoms with Crippen molar-refractivity contribution in [3.05, 3.63) is 95.0 Å². The molecule has 6 aromatic rings. The zero-order chi connectivity index (χ0) is 54.3. The summed E-state index contributed by atoms with van der Waals surface area (Å²) in [6.45, 7) is 10.3. The molecule has 396 valence electrons. The Morgan fingerprint density at radius 1 is 0.685 bits per heavy atom. The molecule has 0 spiro atoms. The van der Waals surface area contributed by atoms with Gasteiger partial charge in [-0.15, -0.1) is 10.2 Å². The first-order valence-corrected chi connectivity index (χ1v) is 25.1. The van der Waals surface area contributed by atoms with E-state index < -0.39 is 73.9 Å². The molecule has 0 aliphatic heterocycles. The number of carboxylic acid groups (broad SMARTS) is 1. The molecular weight excluding hydrogens is 1070 g/mol. The molecule has 0 aromatic carbocycles. The van der Waals surface area contributed by atoms with E-state index in [0.29, 0.717) is 0 Å². The highest BCUT2D eigenvalue weighted by Crippen LogP contribution is 2.58. The van der Waals surface area contributed by atoms with Crippen LogP contribution >= 0.6 is 23.2 Å². The van der Waals surface area contributed by atoms with Crippen molar-refractivity contribution < 1.29 is 67.3 Å². The van der Waals surface area contributed by atoms with Gasteiger partial charge in [-0.1, -0.05) is 23.2 Å². The fourth-order valence-electron chi connectivity index (χ4n) is 6.07. The summed E-state index contributed by atoms with van der Waals surface area (Å²) in [5.41, 5.74) is -4.68. The molecule has 31 heteroatoms. The minimum Gasteiger partial charge on any atom is -0.478 e. The van der Waals surface area contributed by atoms with Crippen molar-refractivity contribution in [2.75, 3.05) is 13.2 Å². The highest BCUT2D eigenvalue weighted by atomic mass is 35.5. The lowest BCUT2D eigenvalue weighted by Gasteiger charge is -2.18. The number of nitrogens with zero attached hydrogens (tertiary/aromatic N) is 10. The summed E-state index contributed by atoms with van der Waals surface area (Å²) in [5, 5.41) is 29.2. The maximum absolute atomic E-state index is 13.1. The Morgan fingerprint density at radius 3 is 1.41 bits per heavy atom. The van der Waals surface area contributed by atoms with E-state index in [4.69, 9.17) is 42.9 Å². The molecule has 21 nitrogen and oxygen atoms in total. The molecule has 73 heavy (non-hydrogen) atoms. The number of primary sulfonamides is 1. The molecule has 2 saturated carbocycles. The lowest BCUT2D eigenvalue weighted by Crippen LogP contribution is -2.31. The van der Waals surface area contributed by atoms with E-state index in [1.807, 2.05) is 46.3 Å². The third-order valence-corrected chi connectivity index (χ3v) is 13.7. The van der Waals surface area contributed by atoms with E-state index >= 15 is 0 Å². The average Bonchev–Trinajstić information content (AvgIpc) is 3.82. The van der Waals surface area contributed by atoms with E-state index in [9.17, 15) is 52.8 Å². The van der Waals surface area contributed by atoms with Crippen LogP contribution in [0.4, 0.5) is 26.3 Å². The Kier molecular flexibility index (Phi) is 15.5. The number of aromatic nitrogens is 10. The second-order valence-corrected chi connectivity index (χ2v) is 22.7. The van der Waals surface area contributed by atoms with E-state index in [1.54, 1.807) is 4.68 Å². The first-order valence-electron chi connectivity index (χ1n) is 21.3. The van der Waals surface area contributed by atoms with Crippen LogP contribution in [0, 0.1) is 10.8 Å². The summed E-state index contributed by atoms with van der Waals surface area (Å²) in [6.07, 6.45) is -0.597. The summed E-state index contributed by atoms with van der Waals surface area (Å²) in [6, 6.07) is 8.00. The van der Waals surface area contributed by atoms with Gasteiger partial charge in [0.2, 0.25) is 21.8 Å². The minimum atomic E-state index is -4.35. The molecule has 0 radical (unpaired) electrons. The summed E-state index contributed by atoms with van der Waals surface area (Å²) in [5.74, 6) is -1.88. The summed E-state index contributed by atoms with van der Waals surface area (Å²) in [4.78, 5) is 31.2. The van der Waals surface area contributed by atoms with Crippen LogP contribution in [0.1, 0.15) is 87.9 Å². The highest BCUT2D eigenvalue weighted by molar-refractivity contribution is 7.90. The number of aromatic carboxylic acids is 1. The smallest absolute Gasteiger partial charge is 0.397 e. The lowest BCUT2D eigenvalue weighted by atomic mass is 10.1. The van der Waals surface area contributed by atoms with Gasteiger partial charge in [0, 0.05) is 36.9 Å². The van der Waals surface area contributed by atoms with Crippen LogP contribution in [0.2, 0.25) is 10.3 Å². The van der Waals surface area contributed by atoms with Crippen molar-refractivity contribution in [2.24, 2.45) is 16.0 Å². The van der Waals surface area contributed by atoms with Gasteiger partial charge in [0.25, 0.3) is 15.9 Å². The Labute approximate surface area is 422 Å². The number of nitrogens with two attached hydrogens (primary N) is 1. The van der Waals surface area contributed by atoms with Crippen molar-refractivity contribution in [1.82, 2.24) is 53.8 Å². The summed E-state index contributed by atoms with van der Waals surface area (Å²) < 4.78 is 142. The number of rotatable bonds is 13. The second-order valence-electron chi connectivity index (χ2n) is 18.7. The molecule has 0 unspecified atom stereocenters. The Morgan fingerprint density at radius 2 is 1.08 bits per heavy atom. The molecular formula is C42H46Cl2F6N12O9S2. The number of nitrogens with one attached hydrogen (secondary N) is 1. The van der Waals surface area contributed by atoms with E-state index in [-0.39, 0.29) is 85.8 Å². The number of sulfonamides is 2. The molecule has 1 amide bonds. The van der Waals surface area contributed by atoms with Crippen molar-refractivity contribution in [3.63, 3.8) is 0 Å². The first kappa shape index (κ1) is 56.0. The standard InChI is InChI=1S/C21H22ClF3N6O4S.C14H11ClF3N3O3.C7H13N3O2S/c1-19(2,3)31-11-13(10-26-31)36(33,34)29-18(32)14-4-5-15(27-17(14)22)30-9-6-16(28-30)35-12-20(7-8-20)21(23,24)25;15-11-8(12(22)23)1-2-9(19-11)21-6-3-10(20-21)24-7-13(4-5-13)14(16,17)18;1-7(2,3)10-5-6(4-9-10)13(8,11)12/h4-6,9-11H,7-8,12H2,1-3H3,(H,29,32);1-3,6H,4-5,7H2,(H,22,23);4-5H,1-3H3,(H2,8,11,12). The number of ether oxygens (including phenoxy) is 2. The molecule has 0 bridgehead atoms. The Balaban J connectivity index is 0.000000201. The fraction of sp³-hybridized carbons (Fsp3) is 0.429. The van der Waals surface area contributed by atoms with E-state index in [1.165, 1.54) is 81.4 Å². The molecule has 8 rings (SSSR count). The third-order valence-electron chi connectivity index (χ3n) is 11.0. The second kappa shape index (κ2) is 20.2. The van der Waals surface area contributed by atoms with Gasteiger partial charge in [-0.2, -0.15) is 36.5 Å². The number of amides is 1. The zero-order valence-electron chi connectivity index (χ0n) is 39.3. The molecule has 0 saturated heterocycles. The number of pyridine rings is 2. The van der Waals surface area contributed by atoms with Gasteiger partial charge in [-0.3, -0.25) is 14.2 Å². The van der Waals surface area contributed by atoms with Gasteiger partial charge in [0.05, 0.1) is 34.6 Å². The number of hydrogen-bond acceptors (Lipinski definition) is 14. The monoisotopic (exact) mass is 1110 g/mol. The number of carboxylic acids is 1. The lowest BCUT2D eigenvalue weighted by molar-refractivity contribution is -0.195. The molecule has 0 atom stereocenters. The topological polar surface area (TPSA) is 276 Å². The van der Waals surface area contributed by atoms with Crippen LogP contribution in [0.15, 0.2) is 83.4 Å². The third kappa shape index (κ3) is 13.5. The number of halogens is 8. The molecule has 6 heterocycles. The van der Waals surface area contributed by atoms with Crippen LogP contribution in [-0.4, -0.2) is 108 Å². The zero-order valence-corrected chi connectivity index (χ0v) is 42.4. The number of hydrogen-bond donors (Lipinski definition) is 3. The van der Waals surface area contributed by atoms with Crippen molar-refractivity contribution in [2.45, 2.75) is 100 Å². The Hall–Kier alpha value is -6.30. The largest absolute Gasteiger partial charge is 0.478 e. The maximum Gasteiger partial charge on any atom is 0.397 e. The van der Waals surface area contributed by atoms with Crippen LogP contribution < -0.4 is 19.3 Å². The number of carbonyl (C=O) groups is 2. The highest BCUT2D eigenvalue weighted by Gasteiger charge is 2.64. The quantitative estimate of drug-likeness (QED) is 0.0754. The normalized spacial score (nSPS) is 15.3. The van der Waals surface area contributed by atoms with Crippen molar-refractivity contribution in [3.8, 4) is 23.4 Å².